The van der Waals surface area contributed by atoms with Crippen LogP contribution in [0.1, 0.15) is 22.0 Å². The van der Waals surface area contributed by atoms with Crippen molar-refractivity contribution in [2.75, 3.05) is 17.2 Å². The highest BCUT2D eigenvalue weighted by Crippen LogP contribution is 2.28. The maximum atomic E-state index is 13.5. The number of aromatic amines is 2. The Labute approximate surface area is 204 Å². The van der Waals surface area contributed by atoms with Crippen molar-refractivity contribution in [2.45, 2.75) is 6.10 Å². The average Bonchev–Trinajstić information content (AvgIpc) is 3.32. The van der Waals surface area contributed by atoms with Crippen LogP contribution in [0.4, 0.5) is 15.8 Å². The van der Waals surface area contributed by atoms with E-state index in [1.807, 2.05) is 30.3 Å². The van der Waals surface area contributed by atoms with Crippen LogP contribution in [0.3, 0.4) is 0 Å². The molecule has 36 heavy (non-hydrogen) atoms. The molecule has 5 aromatic rings. The number of H-pyrrole nitrogens is 2. The van der Waals surface area contributed by atoms with Gasteiger partial charge in [0.1, 0.15) is 22.7 Å². The number of aliphatic hydroxyl groups excluding tert-OH is 1. The Kier molecular flexibility index (Phi) is 6.29. The predicted molar refractivity (Wildman–Crippen MR) is 136 cm³/mol. The van der Waals surface area contributed by atoms with E-state index in [0.29, 0.717) is 22.4 Å². The molecule has 0 aliphatic heterocycles. The second-order valence-corrected chi connectivity index (χ2v) is 8.15. The van der Waals surface area contributed by atoms with E-state index in [1.165, 1.54) is 24.4 Å². The first-order valence-corrected chi connectivity index (χ1v) is 11.2. The number of rotatable bonds is 7. The van der Waals surface area contributed by atoms with Gasteiger partial charge in [-0.25, -0.2) is 9.37 Å². The lowest BCUT2D eigenvalue weighted by Gasteiger charge is -2.14. The van der Waals surface area contributed by atoms with Crippen LogP contribution in [-0.2, 0) is 0 Å². The van der Waals surface area contributed by atoms with E-state index in [1.54, 1.807) is 24.3 Å². The molecule has 180 valence electrons. The maximum Gasteiger partial charge on any atom is 0.261 e. The smallest absolute Gasteiger partial charge is 0.261 e. The standard InChI is InChI=1S/C27H22FN5O3/c28-18-9-4-8-17(14-18)26(35)32-21-11-5-10-20-24(21)33-25(31-20)23-19(12-13-29-27(23)36)30-15-22(34)16-6-2-1-3-7-16/h1-14,22,34H,15H2,(H,31,33)(H,32,35)(H2,29,30,36). The van der Waals surface area contributed by atoms with Gasteiger partial charge >= 0.3 is 0 Å². The van der Waals surface area contributed by atoms with Crippen LogP contribution < -0.4 is 16.2 Å². The highest BCUT2D eigenvalue weighted by atomic mass is 19.1. The van der Waals surface area contributed by atoms with E-state index in [2.05, 4.69) is 25.6 Å². The maximum absolute atomic E-state index is 13.5. The second kappa shape index (κ2) is 9.85. The lowest BCUT2D eigenvalue weighted by atomic mass is 10.1. The molecule has 1 amide bonds. The predicted octanol–water partition coefficient (Wildman–Crippen LogP) is 4.46. The molecule has 0 aliphatic carbocycles. The fourth-order valence-corrected chi connectivity index (χ4v) is 3.94. The minimum absolute atomic E-state index is 0.172. The third-order valence-electron chi connectivity index (χ3n) is 5.72. The number of hydrogen-bond donors (Lipinski definition) is 5. The summed E-state index contributed by atoms with van der Waals surface area (Å²) >= 11 is 0. The first kappa shape index (κ1) is 23.0. The SMILES string of the molecule is O=C(Nc1cccc2[nH]c(-c3c(NCC(O)c4ccccc4)cc[nH]c3=O)nc12)c1cccc(F)c1. The van der Waals surface area contributed by atoms with Crippen molar-refractivity contribution in [3.8, 4) is 11.4 Å². The molecule has 2 aromatic heterocycles. The van der Waals surface area contributed by atoms with Crippen LogP contribution in [0.15, 0.2) is 89.9 Å². The summed E-state index contributed by atoms with van der Waals surface area (Å²) in [5, 5.41) is 16.4. The molecule has 1 atom stereocenters. The van der Waals surface area contributed by atoms with Gasteiger partial charge in [-0.05, 0) is 42.0 Å². The van der Waals surface area contributed by atoms with E-state index >= 15 is 0 Å². The molecule has 3 aromatic carbocycles. The summed E-state index contributed by atoms with van der Waals surface area (Å²) in [7, 11) is 0. The molecule has 2 heterocycles. The van der Waals surface area contributed by atoms with Gasteiger partial charge < -0.3 is 25.7 Å². The summed E-state index contributed by atoms with van der Waals surface area (Å²) in [6, 6.07) is 21.5. The van der Waals surface area contributed by atoms with Crippen LogP contribution in [0.5, 0.6) is 0 Å². The Hall–Kier alpha value is -4.76. The van der Waals surface area contributed by atoms with Gasteiger partial charge in [0.2, 0.25) is 0 Å². The van der Waals surface area contributed by atoms with Crippen molar-refractivity contribution >= 4 is 28.3 Å². The Morgan fingerprint density at radius 3 is 2.61 bits per heavy atom. The number of fused-ring (bicyclic) bond motifs is 1. The van der Waals surface area contributed by atoms with E-state index < -0.39 is 17.8 Å². The third-order valence-corrected chi connectivity index (χ3v) is 5.72. The van der Waals surface area contributed by atoms with Gasteiger partial charge in [0, 0.05) is 18.3 Å². The molecular formula is C27H22FN5O3. The van der Waals surface area contributed by atoms with E-state index in [0.717, 1.165) is 11.6 Å². The highest BCUT2D eigenvalue weighted by molar-refractivity contribution is 6.08. The van der Waals surface area contributed by atoms with Gasteiger partial charge in [-0.1, -0.05) is 42.5 Å². The number of pyridine rings is 1. The Morgan fingerprint density at radius 2 is 1.81 bits per heavy atom. The molecule has 0 aliphatic rings. The molecule has 0 saturated carbocycles. The lowest BCUT2D eigenvalue weighted by molar-refractivity contribution is 0.102. The van der Waals surface area contributed by atoms with Crippen molar-refractivity contribution in [3.05, 3.63) is 112 Å². The van der Waals surface area contributed by atoms with Gasteiger partial charge in [0.25, 0.3) is 11.5 Å². The number of para-hydroxylation sites is 1. The topological polar surface area (TPSA) is 123 Å². The zero-order chi connectivity index (χ0) is 25.1. The number of halogens is 1. The van der Waals surface area contributed by atoms with Gasteiger partial charge in [-0.15, -0.1) is 0 Å². The molecule has 0 fully saturated rings. The number of nitrogens with zero attached hydrogens (tertiary/aromatic N) is 1. The van der Waals surface area contributed by atoms with Gasteiger partial charge in [0.15, 0.2) is 0 Å². The molecule has 0 radical (unpaired) electrons. The van der Waals surface area contributed by atoms with E-state index in [-0.39, 0.29) is 29.1 Å². The fraction of sp³-hybridized carbons (Fsp3) is 0.0741. The number of amides is 1. The Bertz CT molecular complexity index is 1600. The minimum atomic E-state index is -0.779. The number of aliphatic hydroxyl groups is 1. The van der Waals surface area contributed by atoms with Crippen molar-refractivity contribution < 1.29 is 14.3 Å². The second-order valence-electron chi connectivity index (χ2n) is 8.15. The van der Waals surface area contributed by atoms with Gasteiger partial charge in [-0.2, -0.15) is 0 Å². The van der Waals surface area contributed by atoms with Crippen LogP contribution in [-0.4, -0.2) is 32.5 Å². The number of anilines is 2. The number of nitrogens with one attached hydrogen (secondary N) is 4. The lowest BCUT2D eigenvalue weighted by Crippen LogP contribution is -2.17. The van der Waals surface area contributed by atoms with Crippen molar-refractivity contribution in [3.63, 3.8) is 0 Å². The van der Waals surface area contributed by atoms with E-state index in [9.17, 15) is 19.1 Å². The van der Waals surface area contributed by atoms with Crippen LogP contribution in [0, 0.1) is 5.82 Å². The fourth-order valence-electron chi connectivity index (χ4n) is 3.94. The molecule has 0 spiro atoms. The number of imidazole rings is 1. The minimum Gasteiger partial charge on any atom is -0.387 e. The molecule has 5 rings (SSSR count). The number of carbonyl (C=O) groups excluding carboxylic acids is 1. The summed E-state index contributed by atoms with van der Waals surface area (Å²) in [6.07, 6.45) is 0.731. The largest absolute Gasteiger partial charge is 0.387 e. The quantitative estimate of drug-likeness (QED) is 0.234. The van der Waals surface area contributed by atoms with E-state index in [4.69, 9.17) is 0 Å². The number of carbonyl (C=O) groups is 1. The first-order chi connectivity index (χ1) is 17.5. The zero-order valence-electron chi connectivity index (χ0n) is 19.0. The van der Waals surface area contributed by atoms with Crippen LogP contribution in [0.2, 0.25) is 0 Å². The molecule has 0 saturated heterocycles. The molecule has 1 unspecified atom stereocenters. The molecule has 9 heteroatoms. The summed E-state index contributed by atoms with van der Waals surface area (Å²) in [5.74, 6) is -0.707. The number of aromatic nitrogens is 3. The molecule has 5 N–H and O–H groups in total. The average molecular weight is 484 g/mol. The molecular weight excluding hydrogens is 461 g/mol. The monoisotopic (exact) mass is 483 g/mol. The molecule has 8 nitrogen and oxygen atoms in total. The highest BCUT2D eigenvalue weighted by Gasteiger charge is 2.18. The van der Waals surface area contributed by atoms with Crippen molar-refractivity contribution in [1.82, 2.24) is 15.0 Å². The number of hydrogen-bond acceptors (Lipinski definition) is 5. The third kappa shape index (κ3) is 4.73. The summed E-state index contributed by atoms with van der Waals surface area (Å²) in [4.78, 5) is 35.8. The van der Waals surface area contributed by atoms with Gasteiger partial charge in [0.05, 0.1) is 23.0 Å². The first-order valence-electron chi connectivity index (χ1n) is 11.2. The number of benzene rings is 3. The van der Waals surface area contributed by atoms with Crippen molar-refractivity contribution in [1.29, 1.82) is 0 Å². The van der Waals surface area contributed by atoms with Gasteiger partial charge in [-0.3, -0.25) is 9.59 Å². The Balaban J connectivity index is 1.45. The summed E-state index contributed by atoms with van der Waals surface area (Å²) < 4.78 is 13.5. The van der Waals surface area contributed by atoms with Crippen molar-refractivity contribution in [2.24, 2.45) is 0 Å². The Morgan fingerprint density at radius 1 is 1.00 bits per heavy atom. The van der Waals surface area contributed by atoms with Crippen LogP contribution in [0.25, 0.3) is 22.4 Å². The summed E-state index contributed by atoms with van der Waals surface area (Å²) in [6.45, 7) is 0.176. The molecule has 0 bridgehead atoms. The van der Waals surface area contributed by atoms with Crippen LogP contribution >= 0.6 is 0 Å². The normalized spacial score (nSPS) is 11.8. The zero-order valence-corrected chi connectivity index (χ0v) is 19.0. The summed E-state index contributed by atoms with van der Waals surface area (Å²) in [5.41, 5.74) is 2.74.